The highest BCUT2D eigenvalue weighted by molar-refractivity contribution is 5.73. The molecule has 0 saturated heterocycles. The fourth-order valence-corrected chi connectivity index (χ4v) is 2.49. The predicted octanol–water partition coefficient (Wildman–Crippen LogP) is -0.0788. The maximum absolute atomic E-state index is 11.9. The topological polar surface area (TPSA) is 118 Å². The summed E-state index contributed by atoms with van der Waals surface area (Å²) in [6.07, 6.45) is -3.08. The number of methoxy groups -OCH3 is 2. The molecular weight excluding hydrogens is 362 g/mol. The van der Waals surface area contributed by atoms with E-state index in [9.17, 15) is 19.2 Å². The third-order valence-corrected chi connectivity index (χ3v) is 3.74. The van der Waals surface area contributed by atoms with Crippen LogP contribution in [0.3, 0.4) is 0 Å². The van der Waals surface area contributed by atoms with Crippen LogP contribution >= 0.6 is 0 Å². The number of amides is 1. The predicted molar refractivity (Wildman–Crippen MR) is 92.6 cm³/mol. The molecule has 0 fully saturated rings. The normalized spacial score (nSPS) is 15.1. The summed E-state index contributed by atoms with van der Waals surface area (Å²) >= 11 is 0. The molecule has 0 aliphatic heterocycles. The van der Waals surface area contributed by atoms with Gasteiger partial charge in [-0.1, -0.05) is 0 Å². The monoisotopic (exact) mass is 391 g/mol. The minimum Gasteiger partial charge on any atom is -0.464 e. The molecule has 0 saturated carbocycles. The molecule has 0 unspecified atom stereocenters. The van der Waals surface area contributed by atoms with Crippen molar-refractivity contribution in [3.63, 3.8) is 0 Å². The zero-order valence-corrected chi connectivity index (χ0v) is 16.8. The number of rotatable bonds is 11. The van der Waals surface area contributed by atoms with Gasteiger partial charge in [0, 0.05) is 49.0 Å². The van der Waals surface area contributed by atoms with Crippen molar-refractivity contribution >= 4 is 23.8 Å². The smallest absolute Gasteiger partial charge is 0.303 e. The third-order valence-electron chi connectivity index (χ3n) is 3.74. The second kappa shape index (κ2) is 12.2. The summed E-state index contributed by atoms with van der Waals surface area (Å²) in [7, 11) is 4.22. The van der Waals surface area contributed by atoms with E-state index in [2.05, 4.69) is 0 Å². The van der Waals surface area contributed by atoms with Crippen LogP contribution in [0, 0.1) is 0 Å². The van der Waals surface area contributed by atoms with Gasteiger partial charge in [-0.3, -0.25) is 19.2 Å². The maximum atomic E-state index is 11.9. The average molecular weight is 391 g/mol. The number of hydrogen-bond donors (Lipinski definition) is 0. The fraction of sp³-hybridized carbons (Fsp3) is 0.765. The lowest BCUT2D eigenvalue weighted by Gasteiger charge is -2.38. The Morgan fingerprint density at radius 1 is 0.815 bits per heavy atom. The quantitative estimate of drug-likeness (QED) is 0.352. The third kappa shape index (κ3) is 8.83. The van der Waals surface area contributed by atoms with Crippen molar-refractivity contribution < 1.29 is 42.9 Å². The molecule has 0 spiro atoms. The molecule has 27 heavy (non-hydrogen) atoms. The van der Waals surface area contributed by atoms with E-state index < -0.39 is 42.3 Å². The molecule has 0 radical (unpaired) electrons. The van der Waals surface area contributed by atoms with Crippen LogP contribution in [-0.4, -0.2) is 87.5 Å². The van der Waals surface area contributed by atoms with E-state index in [1.807, 2.05) is 0 Å². The average Bonchev–Trinajstić information content (AvgIpc) is 2.55. The standard InChI is InChI=1S/C17H29NO9/c1-10(19)18(5)14(8-25-11(2)20)16(24-7)17(27-13(4)22)15(9-23-6)26-12(3)21/h14-17H,8-9H2,1-7H3/t14-,15+,16+,17+/m0/s1. The molecule has 1 amide bonds. The fourth-order valence-electron chi connectivity index (χ4n) is 2.49. The molecule has 156 valence electrons. The van der Waals surface area contributed by atoms with E-state index in [0.29, 0.717) is 0 Å². The van der Waals surface area contributed by atoms with Gasteiger partial charge in [0.25, 0.3) is 0 Å². The van der Waals surface area contributed by atoms with E-state index in [1.165, 1.54) is 53.9 Å². The number of nitrogens with zero attached hydrogens (tertiary/aromatic N) is 1. The van der Waals surface area contributed by atoms with Gasteiger partial charge in [-0.15, -0.1) is 0 Å². The first-order valence-electron chi connectivity index (χ1n) is 8.28. The highest BCUT2D eigenvalue weighted by Crippen LogP contribution is 2.20. The van der Waals surface area contributed by atoms with Crippen LogP contribution in [-0.2, 0) is 42.9 Å². The van der Waals surface area contributed by atoms with E-state index in [4.69, 9.17) is 23.7 Å². The molecule has 0 aliphatic rings. The first-order valence-corrected chi connectivity index (χ1v) is 8.28. The van der Waals surface area contributed by atoms with Crippen LogP contribution in [0.1, 0.15) is 27.7 Å². The van der Waals surface area contributed by atoms with E-state index in [1.54, 1.807) is 0 Å². The Morgan fingerprint density at radius 3 is 1.74 bits per heavy atom. The zero-order valence-electron chi connectivity index (χ0n) is 16.8. The Balaban J connectivity index is 5.94. The molecule has 0 bridgehead atoms. The lowest BCUT2D eigenvalue weighted by atomic mass is 9.99. The maximum Gasteiger partial charge on any atom is 0.303 e. The van der Waals surface area contributed by atoms with Gasteiger partial charge >= 0.3 is 17.9 Å². The second-order valence-electron chi connectivity index (χ2n) is 5.88. The Morgan fingerprint density at radius 2 is 1.37 bits per heavy atom. The molecule has 0 heterocycles. The molecular formula is C17H29NO9. The van der Waals surface area contributed by atoms with Gasteiger partial charge in [0.1, 0.15) is 12.7 Å². The number of ether oxygens (including phenoxy) is 5. The van der Waals surface area contributed by atoms with Crippen molar-refractivity contribution in [2.45, 2.75) is 52.0 Å². The van der Waals surface area contributed by atoms with Gasteiger partial charge < -0.3 is 28.6 Å². The van der Waals surface area contributed by atoms with Crippen LogP contribution < -0.4 is 0 Å². The first-order chi connectivity index (χ1) is 12.5. The van der Waals surface area contributed by atoms with Gasteiger partial charge in [0.15, 0.2) is 12.2 Å². The van der Waals surface area contributed by atoms with Gasteiger partial charge in [-0.05, 0) is 0 Å². The van der Waals surface area contributed by atoms with Gasteiger partial charge in [0.2, 0.25) is 5.91 Å². The summed E-state index contributed by atoms with van der Waals surface area (Å²) in [5.41, 5.74) is 0. The Kier molecular flexibility index (Phi) is 11.2. The molecule has 4 atom stereocenters. The summed E-state index contributed by atoms with van der Waals surface area (Å²) in [6, 6.07) is -0.810. The Labute approximate surface area is 159 Å². The van der Waals surface area contributed by atoms with Gasteiger partial charge in [-0.25, -0.2) is 0 Å². The van der Waals surface area contributed by atoms with Crippen molar-refractivity contribution in [2.24, 2.45) is 0 Å². The first kappa shape index (κ1) is 24.8. The minimum atomic E-state index is -1.11. The van der Waals surface area contributed by atoms with Crippen LogP contribution in [0.2, 0.25) is 0 Å². The van der Waals surface area contributed by atoms with Crippen molar-refractivity contribution in [3.05, 3.63) is 0 Å². The van der Waals surface area contributed by atoms with Gasteiger partial charge in [-0.2, -0.15) is 0 Å². The summed E-state index contributed by atoms with van der Waals surface area (Å²) in [5.74, 6) is -2.14. The molecule has 0 aromatic carbocycles. The SMILES string of the molecule is COC[C@@H](OC(C)=O)[C@@H](OC(C)=O)[C@H](OC)[C@H](COC(C)=O)N(C)C(C)=O. The van der Waals surface area contributed by atoms with Crippen LogP contribution in [0.25, 0.3) is 0 Å². The molecule has 0 aromatic heterocycles. The van der Waals surface area contributed by atoms with Crippen molar-refractivity contribution in [2.75, 3.05) is 34.5 Å². The lowest BCUT2D eigenvalue weighted by molar-refractivity contribution is -0.189. The lowest BCUT2D eigenvalue weighted by Crippen LogP contribution is -2.57. The van der Waals surface area contributed by atoms with Crippen molar-refractivity contribution in [1.82, 2.24) is 4.90 Å². The van der Waals surface area contributed by atoms with Crippen molar-refractivity contribution in [1.29, 1.82) is 0 Å². The number of carbonyl (C=O) groups is 4. The number of hydrogen-bond acceptors (Lipinski definition) is 9. The summed E-state index contributed by atoms with van der Waals surface area (Å²) in [5, 5.41) is 0. The highest BCUT2D eigenvalue weighted by Gasteiger charge is 2.42. The molecule has 10 heteroatoms. The summed E-state index contributed by atoms with van der Waals surface area (Å²) in [6.45, 7) is 4.65. The molecule has 0 aromatic rings. The van der Waals surface area contributed by atoms with Crippen LogP contribution in [0.15, 0.2) is 0 Å². The number of esters is 3. The number of likely N-dealkylation sites (N-methyl/N-ethyl adjacent to an activating group) is 1. The largest absolute Gasteiger partial charge is 0.464 e. The Hall–Kier alpha value is -2.20. The van der Waals surface area contributed by atoms with Crippen molar-refractivity contribution in [3.8, 4) is 0 Å². The van der Waals surface area contributed by atoms with Gasteiger partial charge in [0.05, 0.1) is 12.6 Å². The highest BCUT2D eigenvalue weighted by atomic mass is 16.6. The molecule has 0 N–H and O–H groups in total. The van der Waals surface area contributed by atoms with Crippen LogP contribution in [0.4, 0.5) is 0 Å². The second-order valence-corrected chi connectivity index (χ2v) is 5.88. The molecule has 0 rings (SSSR count). The van der Waals surface area contributed by atoms with E-state index in [-0.39, 0.29) is 19.1 Å². The number of carbonyl (C=O) groups excluding carboxylic acids is 4. The molecule has 0 aliphatic carbocycles. The van der Waals surface area contributed by atoms with E-state index in [0.717, 1.165) is 0 Å². The summed E-state index contributed by atoms with van der Waals surface area (Å²) in [4.78, 5) is 47.5. The Bertz CT molecular complexity index is 523. The summed E-state index contributed by atoms with van der Waals surface area (Å²) < 4.78 is 26.1. The van der Waals surface area contributed by atoms with Crippen LogP contribution in [0.5, 0.6) is 0 Å². The zero-order chi connectivity index (χ0) is 21.1. The minimum absolute atomic E-state index is 0.0819. The van der Waals surface area contributed by atoms with E-state index >= 15 is 0 Å². The molecule has 10 nitrogen and oxygen atoms in total.